The number of esters is 1. The van der Waals surface area contributed by atoms with Gasteiger partial charge in [-0.1, -0.05) is 6.07 Å². The lowest BCUT2D eigenvalue weighted by Gasteiger charge is -2.11. The molecule has 0 amide bonds. The maximum Gasteiger partial charge on any atom is 0.337 e. The predicted molar refractivity (Wildman–Crippen MR) is 103 cm³/mol. The van der Waals surface area contributed by atoms with E-state index in [0.29, 0.717) is 43.3 Å². The minimum Gasteiger partial charge on any atom is -0.475 e. The molecule has 7 nitrogen and oxygen atoms in total. The summed E-state index contributed by atoms with van der Waals surface area (Å²) in [6, 6.07) is 7.14. The monoisotopic (exact) mass is 369 g/mol. The largest absolute Gasteiger partial charge is 0.475 e. The quantitative estimate of drug-likeness (QED) is 0.352. The topological polar surface area (TPSA) is 96.6 Å². The molecule has 0 spiro atoms. The van der Waals surface area contributed by atoms with Gasteiger partial charge in [-0.3, -0.25) is 4.98 Å². The Morgan fingerprint density at radius 2 is 1.96 bits per heavy atom. The van der Waals surface area contributed by atoms with Crippen LogP contribution < -0.4 is 10.5 Å². The molecular weight excluding hydrogens is 346 g/mol. The van der Waals surface area contributed by atoms with E-state index in [0.717, 1.165) is 29.0 Å². The first-order valence-electron chi connectivity index (χ1n) is 8.91. The first-order chi connectivity index (χ1) is 13.2. The number of nitrogens with zero attached hydrogens (tertiary/aromatic N) is 2. The molecule has 142 valence electrons. The Hall–Kier alpha value is -2.77. The number of carbonyl (C=O) groups is 1. The molecule has 0 atom stereocenters. The zero-order valence-corrected chi connectivity index (χ0v) is 15.3. The summed E-state index contributed by atoms with van der Waals surface area (Å²) in [4.78, 5) is 20.6. The van der Waals surface area contributed by atoms with Crippen LogP contribution in [0, 0.1) is 0 Å². The van der Waals surface area contributed by atoms with Crippen LogP contribution >= 0.6 is 0 Å². The smallest absolute Gasteiger partial charge is 0.337 e. The van der Waals surface area contributed by atoms with Gasteiger partial charge >= 0.3 is 5.97 Å². The number of aromatic nitrogens is 2. The second kappa shape index (κ2) is 9.25. The minimum absolute atomic E-state index is 0.384. The molecule has 3 rings (SSSR count). The van der Waals surface area contributed by atoms with Crippen LogP contribution in [0.5, 0.6) is 5.88 Å². The van der Waals surface area contributed by atoms with Crippen LogP contribution in [-0.2, 0) is 9.47 Å². The summed E-state index contributed by atoms with van der Waals surface area (Å²) in [6.07, 6.45) is 5.37. The van der Waals surface area contributed by atoms with Crippen LogP contribution in [-0.4, -0.2) is 49.4 Å². The molecule has 7 heteroatoms. The van der Waals surface area contributed by atoms with E-state index in [4.69, 9.17) is 19.9 Å². The Bertz CT molecular complexity index is 930. The maximum atomic E-state index is 11.8. The predicted octanol–water partition coefficient (Wildman–Crippen LogP) is 2.70. The van der Waals surface area contributed by atoms with Gasteiger partial charge < -0.3 is 19.9 Å². The summed E-state index contributed by atoms with van der Waals surface area (Å²) in [7, 11) is 1.35. The van der Waals surface area contributed by atoms with Gasteiger partial charge in [0.25, 0.3) is 0 Å². The first-order valence-corrected chi connectivity index (χ1v) is 8.91. The number of rotatable bonds is 9. The number of carbonyl (C=O) groups excluding carboxylic acids is 1. The van der Waals surface area contributed by atoms with Gasteiger partial charge in [0.2, 0.25) is 5.88 Å². The SMILES string of the molecule is COC(=O)c1ccc2c(c1)nc(OCCOCCCCN)c1ccncc12. The molecule has 27 heavy (non-hydrogen) atoms. The second-order valence-corrected chi connectivity index (χ2v) is 6.02. The van der Waals surface area contributed by atoms with E-state index in [1.807, 2.05) is 12.1 Å². The highest BCUT2D eigenvalue weighted by Crippen LogP contribution is 2.30. The van der Waals surface area contributed by atoms with Crippen molar-refractivity contribution in [1.82, 2.24) is 9.97 Å². The van der Waals surface area contributed by atoms with Gasteiger partial charge in [0.05, 0.1) is 24.8 Å². The maximum absolute atomic E-state index is 11.8. The van der Waals surface area contributed by atoms with Gasteiger partial charge in [0.15, 0.2) is 0 Å². The van der Waals surface area contributed by atoms with Crippen LogP contribution in [0.15, 0.2) is 36.7 Å². The molecule has 1 aromatic carbocycles. The molecule has 0 saturated carbocycles. The number of fused-ring (bicyclic) bond motifs is 3. The van der Waals surface area contributed by atoms with Crippen molar-refractivity contribution in [2.24, 2.45) is 5.73 Å². The number of unbranched alkanes of at least 4 members (excludes halogenated alkanes) is 1. The van der Waals surface area contributed by atoms with Crippen molar-refractivity contribution in [2.75, 3.05) is 33.5 Å². The van der Waals surface area contributed by atoms with E-state index in [2.05, 4.69) is 9.97 Å². The third kappa shape index (κ3) is 4.50. The molecule has 0 aliphatic heterocycles. The van der Waals surface area contributed by atoms with Crippen LogP contribution in [0.4, 0.5) is 0 Å². The van der Waals surface area contributed by atoms with E-state index in [-0.39, 0.29) is 0 Å². The van der Waals surface area contributed by atoms with Crippen molar-refractivity contribution in [3.8, 4) is 5.88 Å². The Labute approximate surface area is 157 Å². The van der Waals surface area contributed by atoms with Gasteiger partial charge in [-0.2, -0.15) is 0 Å². The van der Waals surface area contributed by atoms with E-state index in [9.17, 15) is 4.79 Å². The zero-order valence-electron chi connectivity index (χ0n) is 15.3. The average Bonchev–Trinajstić information content (AvgIpc) is 2.72. The van der Waals surface area contributed by atoms with Crippen LogP contribution in [0.3, 0.4) is 0 Å². The normalized spacial score (nSPS) is 11.0. The number of hydrogen-bond acceptors (Lipinski definition) is 7. The van der Waals surface area contributed by atoms with Crippen LogP contribution in [0.1, 0.15) is 23.2 Å². The third-order valence-corrected chi connectivity index (χ3v) is 4.19. The van der Waals surface area contributed by atoms with Crippen molar-refractivity contribution < 1.29 is 19.0 Å². The summed E-state index contributed by atoms with van der Waals surface area (Å²) >= 11 is 0. The van der Waals surface area contributed by atoms with Crippen molar-refractivity contribution in [1.29, 1.82) is 0 Å². The number of hydrogen-bond donors (Lipinski definition) is 1. The Morgan fingerprint density at radius 3 is 2.78 bits per heavy atom. The molecule has 2 N–H and O–H groups in total. The molecular formula is C20H23N3O4. The first kappa shape index (κ1) is 19.0. The van der Waals surface area contributed by atoms with E-state index in [1.54, 1.807) is 24.5 Å². The highest BCUT2D eigenvalue weighted by Gasteiger charge is 2.12. The van der Waals surface area contributed by atoms with Gasteiger partial charge in [0.1, 0.15) is 6.61 Å². The molecule has 0 radical (unpaired) electrons. The summed E-state index contributed by atoms with van der Waals surface area (Å²) in [6.45, 7) is 2.20. The van der Waals surface area contributed by atoms with E-state index in [1.165, 1.54) is 7.11 Å². The Morgan fingerprint density at radius 1 is 1.07 bits per heavy atom. The summed E-state index contributed by atoms with van der Waals surface area (Å²) < 4.78 is 16.2. The molecule has 0 bridgehead atoms. The summed E-state index contributed by atoms with van der Waals surface area (Å²) in [5.74, 6) is 0.0887. The lowest BCUT2D eigenvalue weighted by atomic mass is 10.1. The lowest BCUT2D eigenvalue weighted by molar-refractivity contribution is 0.0601. The highest BCUT2D eigenvalue weighted by atomic mass is 16.5. The molecule has 0 aliphatic rings. The zero-order chi connectivity index (χ0) is 19.1. The Kier molecular flexibility index (Phi) is 6.51. The molecule has 0 saturated heterocycles. The van der Waals surface area contributed by atoms with Crippen molar-refractivity contribution in [3.63, 3.8) is 0 Å². The molecule has 0 unspecified atom stereocenters. The third-order valence-electron chi connectivity index (χ3n) is 4.19. The number of nitrogens with two attached hydrogens (primary N) is 1. The van der Waals surface area contributed by atoms with E-state index >= 15 is 0 Å². The molecule has 0 fully saturated rings. The molecule has 2 heterocycles. The number of benzene rings is 1. The average molecular weight is 369 g/mol. The molecule has 0 aliphatic carbocycles. The molecule has 3 aromatic rings. The van der Waals surface area contributed by atoms with Crippen molar-refractivity contribution in [2.45, 2.75) is 12.8 Å². The van der Waals surface area contributed by atoms with Crippen molar-refractivity contribution in [3.05, 3.63) is 42.2 Å². The van der Waals surface area contributed by atoms with Crippen LogP contribution in [0.25, 0.3) is 21.7 Å². The van der Waals surface area contributed by atoms with Gasteiger partial charge in [0, 0.05) is 35.2 Å². The van der Waals surface area contributed by atoms with Gasteiger partial charge in [-0.25, -0.2) is 9.78 Å². The highest BCUT2D eigenvalue weighted by molar-refractivity contribution is 6.08. The standard InChI is InChI=1S/C20H23N3O4/c1-25-20(24)14-4-5-15-17-13-22-8-6-16(17)19(23-18(15)12-14)27-11-10-26-9-3-2-7-21/h4-6,8,12-13H,2-3,7,9-11,21H2,1H3. The van der Waals surface area contributed by atoms with Crippen LogP contribution in [0.2, 0.25) is 0 Å². The van der Waals surface area contributed by atoms with Gasteiger partial charge in [-0.15, -0.1) is 0 Å². The molecule has 2 aromatic heterocycles. The number of methoxy groups -OCH3 is 1. The fraction of sp³-hybridized carbons (Fsp3) is 0.350. The minimum atomic E-state index is -0.404. The summed E-state index contributed by atoms with van der Waals surface area (Å²) in [5, 5.41) is 2.68. The fourth-order valence-electron chi connectivity index (χ4n) is 2.82. The number of pyridine rings is 2. The van der Waals surface area contributed by atoms with Gasteiger partial charge in [-0.05, 0) is 37.6 Å². The summed E-state index contributed by atoms with van der Waals surface area (Å²) in [5.41, 5.74) is 6.55. The fourth-order valence-corrected chi connectivity index (χ4v) is 2.82. The van der Waals surface area contributed by atoms with Crippen molar-refractivity contribution >= 4 is 27.6 Å². The van der Waals surface area contributed by atoms with E-state index < -0.39 is 5.97 Å². The Balaban J connectivity index is 1.83. The second-order valence-electron chi connectivity index (χ2n) is 6.02. The lowest BCUT2D eigenvalue weighted by Crippen LogP contribution is -2.09. The number of ether oxygens (including phenoxy) is 3.